The zero-order valence-electron chi connectivity index (χ0n) is 8.88. The first-order chi connectivity index (χ1) is 6.71. The zero-order valence-corrected chi connectivity index (χ0v) is 8.88. The maximum absolute atomic E-state index is 11.9. The lowest BCUT2D eigenvalue weighted by atomic mass is 9.62. The van der Waals surface area contributed by atoms with Gasteiger partial charge < -0.3 is 0 Å². The molecule has 0 radical (unpaired) electrons. The third kappa shape index (κ3) is 0.986. The summed E-state index contributed by atoms with van der Waals surface area (Å²) in [5.41, 5.74) is 1.79. The molecule has 2 bridgehead atoms. The molecular weight excluding hydrogens is 172 g/mol. The van der Waals surface area contributed by atoms with Crippen LogP contribution in [0.1, 0.15) is 45.4 Å². The molecule has 2 saturated carbocycles. The lowest BCUT2D eigenvalue weighted by molar-refractivity contribution is -0.120. The van der Waals surface area contributed by atoms with E-state index in [0.717, 1.165) is 12.3 Å². The van der Waals surface area contributed by atoms with Gasteiger partial charge in [0.05, 0.1) is 0 Å². The van der Waals surface area contributed by atoms with Crippen LogP contribution >= 0.6 is 0 Å². The number of allylic oxidation sites excluding steroid dienone is 2. The second kappa shape index (κ2) is 2.71. The topological polar surface area (TPSA) is 17.1 Å². The third-order valence-corrected chi connectivity index (χ3v) is 4.77. The Morgan fingerprint density at radius 3 is 3.14 bits per heavy atom. The molecule has 0 unspecified atom stereocenters. The van der Waals surface area contributed by atoms with E-state index >= 15 is 0 Å². The summed E-state index contributed by atoms with van der Waals surface area (Å²) >= 11 is 0. The van der Waals surface area contributed by atoms with Gasteiger partial charge in [0.1, 0.15) is 5.78 Å². The van der Waals surface area contributed by atoms with E-state index in [0.29, 0.717) is 17.1 Å². The van der Waals surface area contributed by atoms with E-state index in [1.54, 1.807) is 0 Å². The van der Waals surface area contributed by atoms with Crippen molar-refractivity contribution in [2.75, 3.05) is 0 Å². The SMILES string of the molecule is CC1=C[C@@H]2CCCC[C@@]23CC(=O)[C@@H]1C3. The summed E-state index contributed by atoms with van der Waals surface area (Å²) in [6.45, 7) is 2.16. The lowest BCUT2D eigenvalue weighted by Gasteiger charge is -2.42. The molecule has 0 aromatic heterocycles. The molecule has 0 aromatic rings. The summed E-state index contributed by atoms with van der Waals surface area (Å²) in [4.78, 5) is 11.9. The number of ketones is 1. The highest BCUT2D eigenvalue weighted by Crippen LogP contribution is 2.58. The molecule has 14 heavy (non-hydrogen) atoms. The second-order valence-corrected chi connectivity index (χ2v) is 5.53. The van der Waals surface area contributed by atoms with Gasteiger partial charge in [-0.3, -0.25) is 4.79 Å². The van der Waals surface area contributed by atoms with Crippen molar-refractivity contribution in [3.63, 3.8) is 0 Å². The van der Waals surface area contributed by atoms with Crippen molar-refractivity contribution < 1.29 is 4.79 Å². The van der Waals surface area contributed by atoms with Crippen molar-refractivity contribution in [3.8, 4) is 0 Å². The number of Topliss-reactive ketones (excluding diaryl/α,β-unsaturated/α-hetero) is 1. The largest absolute Gasteiger partial charge is 0.299 e. The Balaban J connectivity index is 2.03. The predicted molar refractivity (Wildman–Crippen MR) is 55.9 cm³/mol. The maximum atomic E-state index is 11.9. The fourth-order valence-electron chi connectivity index (χ4n) is 3.98. The summed E-state index contributed by atoms with van der Waals surface area (Å²) in [6.07, 6.45) is 9.85. The number of carbonyl (C=O) groups is 1. The van der Waals surface area contributed by atoms with Gasteiger partial charge in [0.2, 0.25) is 0 Å². The summed E-state index contributed by atoms with van der Waals surface area (Å²) in [7, 11) is 0. The Hall–Kier alpha value is -0.590. The minimum atomic E-state index is 0.310. The molecule has 3 atom stereocenters. The summed E-state index contributed by atoms with van der Waals surface area (Å²) < 4.78 is 0. The minimum Gasteiger partial charge on any atom is -0.299 e. The monoisotopic (exact) mass is 190 g/mol. The van der Waals surface area contributed by atoms with Crippen LogP contribution in [0.25, 0.3) is 0 Å². The van der Waals surface area contributed by atoms with Gasteiger partial charge in [-0.2, -0.15) is 0 Å². The highest BCUT2D eigenvalue weighted by Gasteiger charge is 2.52. The molecule has 76 valence electrons. The molecule has 0 N–H and O–H groups in total. The Kier molecular flexibility index (Phi) is 1.68. The van der Waals surface area contributed by atoms with E-state index in [1.807, 2.05) is 0 Å². The van der Waals surface area contributed by atoms with Crippen LogP contribution in [0.4, 0.5) is 0 Å². The van der Waals surface area contributed by atoms with Crippen LogP contribution < -0.4 is 0 Å². The van der Waals surface area contributed by atoms with Gasteiger partial charge in [-0.05, 0) is 37.5 Å². The summed E-state index contributed by atoms with van der Waals surface area (Å²) in [5.74, 6) is 1.58. The van der Waals surface area contributed by atoms with E-state index in [4.69, 9.17) is 0 Å². The number of fused-ring (bicyclic) bond motifs is 1. The van der Waals surface area contributed by atoms with Crippen LogP contribution in [0.15, 0.2) is 11.6 Å². The molecule has 0 heterocycles. The molecule has 2 fully saturated rings. The second-order valence-electron chi connectivity index (χ2n) is 5.53. The first-order valence-electron chi connectivity index (χ1n) is 5.92. The minimum absolute atomic E-state index is 0.310. The summed E-state index contributed by atoms with van der Waals surface area (Å²) in [6, 6.07) is 0. The molecule has 0 aliphatic heterocycles. The molecule has 0 aromatic carbocycles. The Labute approximate surface area is 85.6 Å². The van der Waals surface area contributed by atoms with Gasteiger partial charge in [0.15, 0.2) is 0 Å². The molecule has 1 heteroatoms. The molecule has 1 nitrogen and oxygen atoms in total. The highest BCUT2D eigenvalue weighted by molar-refractivity contribution is 5.87. The molecule has 0 amide bonds. The van der Waals surface area contributed by atoms with Crippen molar-refractivity contribution in [3.05, 3.63) is 11.6 Å². The fraction of sp³-hybridized carbons (Fsp3) is 0.769. The Bertz CT molecular complexity index is 315. The Morgan fingerprint density at radius 2 is 2.29 bits per heavy atom. The van der Waals surface area contributed by atoms with Gasteiger partial charge in [-0.15, -0.1) is 0 Å². The van der Waals surface area contributed by atoms with Gasteiger partial charge in [0.25, 0.3) is 0 Å². The van der Waals surface area contributed by atoms with Crippen molar-refractivity contribution >= 4 is 5.78 Å². The van der Waals surface area contributed by atoms with Crippen LogP contribution in [0.5, 0.6) is 0 Å². The van der Waals surface area contributed by atoms with E-state index < -0.39 is 0 Å². The first kappa shape index (κ1) is 8.70. The van der Waals surface area contributed by atoms with Crippen LogP contribution in [-0.2, 0) is 4.79 Å². The maximum Gasteiger partial charge on any atom is 0.140 e. The fourth-order valence-corrected chi connectivity index (χ4v) is 3.98. The lowest BCUT2D eigenvalue weighted by Crippen LogP contribution is -2.32. The molecule has 3 rings (SSSR count). The number of hydrogen-bond donors (Lipinski definition) is 0. The van der Waals surface area contributed by atoms with Crippen LogP contribution in [0.2, 0.25) is 0 Å². The Morgan fingerprint density at radius 1 is 1.43 bits per heavy atom. The van der Waals surface area contributed by atoms with E-state index in [1.165, 1.54) is 37.7 Å². The first-order valence-corrected chi connectivity index (χ1v) is 5.92. The standard InChI is InChI=1S/C13H18O/c1-9-6-10-4-2-3-5-13(10)7-11(9)12(14)8-13/h6,10-11H,2-5,7-8H2,1H3/t10-,11+,13+/m0/s1. The van der Waals surface area contributed by atoms with Gasteiger partial charge >= 0.3 is 0 Å². The van der Waals surface area contributed by atoms with Gasteiger partial charge in [0, 0.05) is 12.3 Å². The predicted octanol–water partition coefficient (Wildman–Crippen LogP) is 3.10. The van der Waals surface area contributed by atoms with Crippen LogP contribution in [0.3, 0.4) is 0 Å². The molecular formula is C13H18O. The van der Waals surface area contributed by atoms with Crippen LogP contribution in [0, 0.1) is 17.3 Å². The highest BCUT2D eigenvalue weighted by atomic mass is 16.1. The molecule has 3 aliphatic carbocycles. The third-order valence-electron chi connectivity index (χ3n) is 4.77. The van der Waals surface area contributed by atoms with E-state index in [-0.39, 0.29) is 0 Å². The van der Waals surface area contributed by atoms with Crippen molar-refractivity contribution in [2.24, 2.45) is 17.3 Å². The quantitative estimate of drug-likeness (QED) is 0.536. The number of rotatable bonds is 0. The zero-order chi connectivity index (χ0) is 9.76. The van der Waals surface area contributed by atoms with Gasteiger partial charge in [-0.1, -0.05) is 24.5 Å². The van der Waals surface area contributed by atoms with E-state index in [9.17, 15) is 4.79 Å². The number of carbonyl (C=O) groups excluding carboxylic acids is 1. The van der Waals surface area contributed by atoms with Crippen LogP contribution in [-0.4, -0.2) is 5.78 Å². The number of hydrogen-bond acceptors (Lipinski definition) is 1. The van der Waals surface area contributed by atoms with Crippen molar-refractivity contribution in [1.82, 2.24) is 0 Å². The average Bonchev–Trinajstić information content (AvgIpc) is 2.44. The van der Waals surface area contributed by atoms with E-state index in [2.05, 4.69) is 13.0 Å². The van der Waals surface area contributed by atoms with Crippen molar-refractivity contribution in [1.29, 1.82) is 0 Å². The van der Waals surface area contributed by atoms with Gasteiger partial charge in [-0.25, -0.2) is 0 Å². The molecule has 1 spiro atoms. The normalized spacial score (nSPS) is 46.1. The molecule has 0 saturated heterocycles. The molecule has 3 aliphatic rings. The summed E-state index contributed by atoms with van der Waals surface area (Å²) in [5, 5.41) is 0. The van der Waals surface area contributed by atoms with Crippen molar-refractivity contribution in [2.45, 2.75) is 45.4 Å². The average molecular weight is 190 g/mol. The smallest absolute Gasteiger partial charge is 0.140 e.